The molecule has 3 heterocycles. The van der Waals surface area contributed by atoms with E-state index < -0.39 is 0 Å². The highest BCUT2D eigenvalue weighted by Crippen LogP contribution is 2.27. The largest absolute Gasteiger partial charge is 0.493 e. The molecular formula is C26H34N6O3. The van der Waals surface area contributed by atoms with Crippen molar-refractivity contribution in [3.05, 3.63) is 53.1 Å². The summed E-state index contributed by atoms with van der Waals surface area (Å²) in [7, 11) is 3.23. The maximum absolute atomic E-state index is 12.5. The van der Waals surface area contributed by atoms with Crippen LogP contribution in [0.3, 0.4) is 0 Å². The predicted octanol–water partition coefficient (Wildman–Crippen LogP) is 3.19. The lowest BCUT2D eigenvalue weighted by Crippen LogP contribution is -2.26. The quantitative estimate of drug-likeness (QED) is 0.478. The molecule has 0 bridgehead atoms. The highest BCUT2D eigenvalue weighted by molar-refractivity contribution is 5.76. The van der Waals surface area contributed by atoms with Crippen LogP contribution in [-0.4, -0.2) is 59.5 Å². The average molecular weight is 479 g/mol. The van der Waals surface area contributed by atoms with Crippen molar-refractivity contribution in [2.75, 3.05) is 38.8 Å². The Kier molecular flexibility index (Phi) is 7.84. The molecule has 1 aliphatic rings. The number of rotatable bonds is 10. The maximum atomic E-state index is 12.5. The molecule has 1 N–H and O–H groups in total. The number of aromatic nitrogens is 4. The van der Waals surface area contributed by atoms with Gasteiger partial charge in [-0.3, -0.25) is 4.79 Å². The molecule has 1 amide bonds. The number of hydrogen-bond acceptors (Lipinski definition) is 7. The van der Waals surface area contributed by atoms with Crippen LogP contribution in [0.25, 0.3) is 5.82 Å². The van der Waals surface area contributed by atoms with Crippen molar-refractivity contribution in [1.82, 2.24) is 25.1 Å². The number of anilines is 1. The van der Waals surface area contributed by atoms with E-state index in [1.165, 1.54) is 12.8 Å². The number of aryl methyl sites for hydroxylation is 1. The molecule has 0 aliphatic carbocycles. The number of methoxy groups -OCH3 is 2. The van der Waals surface area contributed by atoms with E-state index in [4.69, 9.17) is 14.6 Å². The minimum Gasteiger partial charge on any atom is -0.493 e. The zero-order chi connectivity index (χ0) is 24.8. The SMILES string of the molecule is COc1ccc(CCNC(=O)CCc2c(C)nn(-c3cc(N4CCCC4)ncn3)c2C)cc1OC. The fraction of sp³-hybridized carbons (Fsp3) is 0.462. The summed E-state index contributed by atoms with van der Waals surface area (Å²) in [6, 6.07) is 7.80. The Hall–Kier alpha value is -3.62. The Morgan fingerprint density at radius 3 is 2.49 bits per heavy atom. The van der Waals surface area contributed by atoms with E-state index in [1.54, 1.807) is 20.5 Å². The van der Waals surface area contributed by atoms with E-state index in [1.807, 2.05) is 42.8 Å². The van der Waals surface area contributed by atoms with Gasteiger partial charge in [0.15, 0.2) is 17.3 Å². The normalized spacial score (nSPS) is 13.2. The molecule has 0 atom stereocenters. The smallest absolute Gasteiger partial charge is 0.220 e. The number of carbonyl (C=O) groups is 1. The van der Waals surface area contributed by atoms with Gasteiger partial charge in [-0.2, -0.15) is 5.10 Å². The standard InChI is InChI=1S/C26H34N6O3/c1-18-21(8-10-26(33)27-12-11-20-7-9-22(34-3)23(15-20)35-4)19(2)32(30-18)25-16-24(28-17-29-25)31-13-5-6-14-31/h7,9,15-17H,5-6,8,10-14H2,1-4H3,(H,27,33). The summed E-state index contributed by atoms with van der Waals surface area (Å²) >= 11 is 0. The van der Waals surface area contributed by atoms with Gasteiger partial charge >= 0.3 is 0 Å². The van der Waals surface area contributed by atoms with Crippen molar-refractivity contribution in [3.8, 4) is 17.3 Å². The molecule has 0 saturated carbocycles. The van der Waals surface area contributed by atoms with Crippen molar-refractivity contribution < 1.29 is 14.3 Å². The second kappa shape index (κ2) is 11.2. The summed E-state index contributed by atoms with van der Waals surface area (Å²) in [5, 5.41) is 7.73. The van der Waals surface area contributed by atoms with Gasteiger partial charge < -0.3 is 19.7 Å². The lowest BCUT2D eigenvalue weighted by Gasteiger charge is -2.16. The topological polar surface area (TPSA) is 94.4 Å². The van der Waals surface area contributed by atoms with Crippen LogP contribution in [0.5, 0.6) is 11.5 Å². The molecule has 3 aromatic rings. The molecule has 1 saturated heterocycles. The third-order valence-electron chi connectivity index (χ3n) is 6.51. The monoisotopic (exact) mass is 478 g/mol. The molecule has 0 spiro atoms. The van der Waals surface area contributed by atoms with Crippen LogP contribution in [0.2, 0.25) is 0 Å². The van der Waals surface area contributed by atoms with Gasteiger partial charge in [-0.25, -0.2) is 14.6 Å². The van der Waals surface area contributed by atoms with Gasteiger partial charge in [0.25, 0.3) is 0 Å². The molecule has 2 aromatic heterocycles. The third-order valence-corrected chi connectivity index (χ3v) is 6.51. The number of ether oxygens (including phenoxy) is 2. The lowest BCUT2D eigenvalue weighted by molar-refractivity contribution is -0.121. The average Bonchev–Trinajstić information content (AvgIpc) is 3.51. The Labute approximate surface area is 206 Å². The van der Waals surface area contributed by atoms with Crippen molar-refractivity contribution >= 4 is 11.7 Å². The highest BCUT2D eigenvalue weighted by Gasteiger charge is 2.18. The van der Waals surface area contributed by atoms with E-state index in [0.29, 0.717) is 30.9 Å². The number of carbonyl (C=O) groups excluding carboxylic acids is 1. The van der Waals surface area contributed by atoms with Crippen LogP contribution in [0.15, 0.2) is 30.6 Å². The fourth-order valence-corrected chi connectivity index (χ4v) is 4.54. The van der Waals surface area contributed by atoms with Crippen molar-refractivity contribution in [1.29, 1.82) is 0 Å². The van der Waals surface area contributed by atoms with Crippen LogP contribution < -0.4 is 19.7 Å². The second-order valence-electron chi connectivity index (χ2n) is 8.78. The fourth-order valence-electron chi connectivity index (χ4n) is 4.54. The molecule has 1 aromatic carbocycles. The summed E-state index contributed by atoms with van der Waals surface area (Å²) in [4.78, 5) is 23.7. The number of amides is 1. The van der Waals surface area contributed by atoms with Gasteiger partial charge in [0.2, 0.25) is 5.91 Å². The van der Waals surface area contributed by atoms with Crippen LogP contribution in [-0.2, 0) is 17.6 Å². The first-order chi connectivity index (χ1) is 17.0. The maximum Gasteiger partial charge on any atom is 0.220 e. The number of hydrogen-bond donors (Lipinski definition) is 1. The van der Waals surface area contributed by atoms with E-state index >= 15 is 0 Å². The summed E-state index contributed by atoms with van der Waals surface area (Å²) in [6.45, 7) is 6.63. The molecule has 9 nitrogen and oxygen atoms in total. The van der Waals surface area contributed by atoms with Gasteiger partial charge in [0.1, 0.15) is 12.1 Å². The van der Waals surface area contributed by atoms with Crippen molar-refractivity contribution in [3.63, 3.8) is 0 Å². The summed E-state index contributed by atoms with van der Waals surface area (Å²) in [5.41, 5.74) is 4.09. The van der Waals surface area contributed by atoms with Gasteiger partial charge in [0, 0.05) is 37.8 Å². The van der Waals surface area contributed by atoms with Gasteiger partial charge in [0.05, 0.1) is 19.9 Å². The highest BCUT2D eigenvalue weighted by atomic mass is 16.5. The Balaban J connectivity index is 1.33. The van der Waals surface area contributed by atoms with E-state index in [9.17, 15) is 4.79 Å². The summed E-state index contributed by atoms with van der Waals surface area (Å²) < 4.78 is 12.5. The Bertz CT molecular complexity index is 1170. The van der Waals surface area contributed by atoms with E-state index in [2.05, 4.69) is 20.2 Å². The van der Waals surface area contributed by atoms with Crippen molar-refractivity contribution in [2.45, 2.75) is 46.0 Å². The van der Waals surface area contributed by atoms with Gasteiger partial charge in [-0.05, 0) is 62.8 Å². The summed E-state index contributed by atoms with van der Waals surface area (Å²) in [5.74, 6) is 3.11. The van der Waals surface area contributed by atoms with Gasteiger partial charge in [-0.15, -0.1) is 0 Å². The van der Waals surface area contributed by atoms with E-state index in [-0.39, 0.29) is 5.91 Å². The lowest BCUT2D eigenvalue weighted by atomic mass is 10.1. The number of benzene rings is 1. The van der Waals surface area contributed by atoms with Crippen LogP contribution in [0, 0.1) is 13.8 Å². The number of nitrogens with zero attached hydrogens (tertiary/aromatic N) is 5. The van der Waals surface area contributed by atoms with Crippen LogP contribution >= 0.6 is 0 Å². The molecule has 1 fully saturated rings. The molecule has 35 heavy (non-hydrogen) atoms. The van der Waals surface area contributed by atoms with E-state index in [0.717, 1.165) is 53.7 Å². The first-order valence-electron chi connectivity index (χ1n) is 12.1. The molecule has 0 radical (unpaired) electrons. The first-order valence-corrected chi connectivity index (χ1v) is 12.1. The zero-order valence-corrected chi connectivity index (χ0v) is 21.0. The third kappa shape index (κ3) is 5.72. The minimum absolute atomic E-state index is 0.0235. The van der Waals surface area contributed by atoms with Crippen LogP contribution in [0.1, 0.15) is 41.8 Å². The predicted molar refractivity (Wildman–Crippen MR) is 135 cm³/mol. The number of nitrogens with one attached hydrogen (secondary N) is 1. The second-order valence-corrected chi connectivity index (χ2v) is 8.78. The minimum atomic E-state index is 0.0235. The molecule has 1 aliphatic heterocycles. The zero-order valence-electron chi connectivity index (χ0n) is 21.0. The van der Waals surface area contributed by atoms with Gasteiger partial charge in [-0.1, -0.05) is 6.07 Å². The Morgan fingerprint density at radius 2 is 1.74 bits per heavy atom. The van der Waals surface area contributed by atoms with Crippen molar-refractivity contribution in [2.24, 2.45) is 0 Å². The summed E-state index contributed by atoms with van der Waals surface area (Å²) in [6.07, 6.45) is 5.74. The first kappa shape index (κ1) is 24.5. The molecular weight excluding hydrogens is 444 g/mol. The molecule has 186 valence electrons. The Morgan fingerprint density at radius 1 is 1.00 bits per heavy atom. The van der Waals surface area contributed by atoms with Crippen LogP contribution in [0.4, 0.5) is 5.82 Å². The molecule has 9 heteroatoms. The molecule has 0 unspecified atom stereocenters. The molecule has 4 rings (SSSR count).